The van der Waals surface area contributed by atoms with Crippen molar-refractivity contribution < 1.29 is 0 Å². The quantitative estimate of drug-likeness (QED) is 0.444. The van der Waals surface area contributed by atoms with Crippen molar-refractivity contribution in [3.05, 3.63) is 12.2 Å². The third kappa shape index (κ3) is 0.816. The van der Waals surface area contributed by atoms with Gasteiger partial charge in [0, 0.05) is 0 Å². The first kappa shape index (κ1) is 9.61. The summed E-state index contributed by atoms with van der Waals surface area (Å²) in [6.07, 6.45) is 11.6. The zero-order valence-corrected chi connectivity index (χ0v) is 11.3. The van der Waals surface area contributed by atoms with Crippen LogP contribution in [0.3, 0.4) is 0 Å². The minimum Gasteiger partial charge on any atom is -0.0848 e. The van der Waals surface area contributed by atoms with Crippen LogP contribution in [-0.2, 0) is 0 Å². The van der Waals surface area contributed by atoms with Gasteiger partial charge < -0.3 is 0 Å². The van der Waals surface area contributed by atoms with E-state index in [2.05, 4.69) is 19.1 Å². The summed E-state index contributed by atoms with van der Waals surface area (Å²) < 4.78 is 0. The van der Waals surface area contributed by atoms with E-state index in [-0.39, 0.29) is 0 Å². The Morgan fingerprint density at radius 3 is 2.17 bits per heavy atom. The molecule has 0 heteroatoms. The fourth-order valence-corrected chi connectivity index (χ4v) is 8.58. The molecule has 0 saturated heterocycles. The Balaban J connectivity index is 1.46. The zero-order chi connectivity index (χ0) is 11.6. The Morgan fingerprint density at radius 2 is 1.39 bits per heavy atom. The molecule has 0 spiro atoms. The molecule has 5 fully saturated rings. The second kappa shape index (κ2) is 2.76. The lowest BCUT2D eigenvalue weighted by atomic mass is 9.59. The van der Waals surface area contributed by atoms with Gasteiger partial charge in [-0.15, -0.1) is 0 Å². The molecule has 6 rings (SSSR count). The molecule has 0 N–H and O–H groups in total. The number of rotatable bonds is 0. The number of allylic oxidation sites excluding steroid dienone is 2. The zero-order valence-electron chi connectivity index (χ0n) is 11.3. The summed E-state index contributed by atoms with van der Waals surface area (Å²) in [5, 5.41) is 0. The van der Waals surface area contributed by atoms with Crippen molar-refractivity contribution in [1.82, 2.24) is 0 Å². The molecule has 4 unspecified atom stereocenters. The maximum absolute atomic E-state index is 2.61. The summed E-state index contributed by atoms with van der Waals surface area (Å²) in [5.41, 5.74) is 0. The topological polar surface area (TPSA) is 0 Å². The van der Waals surface area contributed by atoms with Crippen LogP contribution in [-0.4, -0.2) is 0 Å². The highest BCUT2D eigenvalue weighted by Gasteiger charge is 2.70. The Bertz CT molecular complexity index is 449. The molecule has 0 amide bonds. The van der Waals surface area contributed by atoms with E-state index in [9.17, 15) is 0 Å². The van der Waals surface area contributed by atoms with Crippen LogP contribution in [0.4, 0.5) is 0 Å². The molecule has 0 aromatic rings. The molecule has 0 radical (unpaired) electrons. The standard InChI is InChI=1S/C18H24/c1-8-4-11-6-12(8)18-14-7-13(17(11)18)15-9-2-3-10(5-9)16(14)15/h2-3,8-18H,4-7H2,1H3/t8-,9+,10-,11+,12+,13+,14-,15?,16?,17?,18?/m0/s1. The molecule has 0 heterocycles. The molecule has 96 valence electrons. The molecule has 0 aromatic heterocycles. The van der Waals surface area contributed by atoms with Gasteiger partial charge in [0.25, 0.3) is 0 Å². The summed E-state index contributed by atoms with van der Waals surface area (Å²) in [7, 11) is 0. The third-order valence-electron chi connectivity index (χ3n) is 8.57. The van der Waals surface area contributed by atoms with Crippen LogP contribution in [0.5, 0.6) is 0 Å². The molecule has 18 heavy (non-hydrogen) atoms. The number of hydrogen-bond donors (Lipinski definition) is 0. The van der Waals surface area contributed by atoms with Crippen LogP contribution < -0.4 is 0 Å². The molecule has 5 saturated carbocycles. The van der Waals surface area contributed by atoms with Gasteiger partial charge in [0.15, 0.2) is 0 Å². The highest BCUT2D eigenvalue weighted by atomic mass is 14.7. The minimum atomic E-state index is 1.02. The van der Waals surface area contributed by atoms with Crippen molar-refractivity contribution in [3.63, 3.8) is 0 Å². The maximum Gasteiger partial charge on any atom is -0.0194 e. The predicted octanol–water partition coefficient (Wildman–Crippen LogP) is 3.98. The molecular formula is C18H24. The van der Waals surface area contributed by atoms with Crippen LogP contribution in [0.15, 0.2) is 12.2 Å². The second-order valence-corrected chi connectivity index (χ2v) is 8.69. The van der Waals surface area contributed by atoms with Gasteiger partial charge in [0.1, 0.15) is 0 Å². The van der Waals surface area contributed by atoms with Gasteiger partial charge in [-0.2, -0.15) is 0 Å². The lowest BCUT2D eigenvalue weighted by Crippen LogP contribution is -2.41. The number of fused-ring (bicyclic) bond motifs is 16. The van der Waals surface area contributed by atoms with Crippen molar-refractivity contribution in [2.24, 2.45) is 65.1 Å². The Hall–Kier alpha value is -0.260. The van der Waals surface area contributed by atoms with Gasteiger partial charge in [0.2, 0.25) is 0 Å². The maximum atomic E-state index is 2.61. The summed E-state index contributed by atoms with van der Waals surface area (Å²) in [4.78, 5) is 0. The van der Waals surface area contributed by atoms with E-state index in [1.54, 1.807) is 25.7 Å². The first-order chi connectivity index (χ1) is 8.83. The van der Waals surface area contributed by atoms with Crippen LogP contribution in [0.25, 0.3) is 0 Å². The molecule has 6 aliphatic carbocycles. The fourth-order valence-electron chi connectivity index (χ4n) is 8.58. The molecule has 0 nitrogen and oxygen atoms in total. The molecule has 6 aliphatic rings. The van der Waals surface area contributed by atoms with Gasteiger partial charge in [-0.3, -0.25) is 0 Å². The van der Waals surface area contributed by atoms with E-state index >= 15 is 0 Å². The van der Waals surface area contributed by atoms with E-state index in [1.807, 2.05) is 0 Å². The molecule has 6 bridgehead atoms. The van der Waals surface area contributed by atoms with Crippen LogP contribution >= 0.6 is 0 Å². The lowest BCUT2D eigenvalue weighted by molar-refractivity contribution is 0.0330. The largest absolute Gasteiger partial charge is 0.0848 e. The predicted molar refractivity (Wildman–Crippen MR) is 71.7 cm³/mol. The average Bonchev–Trinajstić information content (AvgIpc) is 3.14. The average molecular weight is 240 g/mol. The molecule has 11 atom stereocenters. The van der Waals surface area contributed by atoms with Gasteiger partial charge in [-0.1, -0.05) is 19.1 Å². The van der Waals surface area contributed by atoms with E-state index < -0.39 is 0 Å². The highest BCUT2D eigenvalue weighted by molar-refractivity contribution is 5.24. The molecular weight excluding hydrogens is 216 g/mol. The normalized spacial score (nSPS) is 73.3. The van der Waals surface area contributed by atoms with Gasteiger partial charge >= 0.3 is 0 Å². The highest BCUT2D eigenvalue weighted by Crippen LogP contribution is 2.76. The first-order valence-electron chi connectivity index (χ1n) is 8.51. The monoisotopic (exact) mass is 240 g/mol. The number of hydrogen-bond acceptors (Lipinski definition) is 0. The SMILES string of the molecule is C[C@H]1C[C@@H]2C[C@H]1C1C2[C@@H]2C[C@H]1C1C2[C@@H]2C=C[C@H]1C2. The van der Waals surface area contributed by atoms with E-state index in [0.29, 0.717) is 0 Å². The first-order valence-corrected chi connectivity index (χ1v) is 8.51. The lowest BCUT2D eigenvalue weighted by Gasteiger charge is -2.45. The Kier molecular flexibility index (Phi) is 1.48. The van der Waals surface area contributed by atoms with Gasteiger partial charge in [0.05, 0.1) is 0 Å². The van der Waals surface area contributed by atoms with Crippen molar-refractivity contribution in [2.45, 2.75) is 32.6 Å². The van der Waals surface area contributed by atoms with Crippen molar-refractivity contribution in [2.75, 3.05) is 0 Å². The van der Waals surface area contributed by atoms with Crippen molar-refractivity contribution >= 4 is 0 Å². The fraction of sp³-hybridized carbons (Fsp3) is 0.889. The Morgan fingerprint density at radius 1 is 0.667 bits per heavy atom. The van der Waals surface area contributed by atoms with E-state index in [0.717, 1.165) is 41.4 Å². The summed E-state index contributed by atoms with van der Waals surface area (Å²) in [6.45, 7) is 2.56. The summed E-state index contributed by atoms with van der Waals surface area (Å²) >= 11 is 0. The van der Waals surface area contributed by atoms with Crippen LogP contribution in [0.1, 0.15) is 32.6 Å². The minimum absolute atomic E-state index is 1.02. The van der Waals surface area contributed by atoms with E-state index in [4.69, 9.17) is 0 Å². The van der Waals surface area contributed by atoms with Gasteiger partial charge in [-0.05, 0) is 90.8 Å². The Labute approximate surface area is 110 Å². The van der Waals surface area contributed by atoms with Crippen molar-refractivity contribution in [3.8, 4) is 0 Å². The smallest absolute Gasteiger partial charge is 0.0194 e. The summed E-state index contributed by atoms with van der Waals surface area (Å²) in [6, 6.07) is 0. The summed E-state index contributed by atoms with van der Waals surface area (Å²) in [5.74, 6) is 12.5. The molecule has 0 aliphatic heterocycles. The van der Waals surface area contributed by atoms with Gasteiger partial charge in [-0.25, -0.2) is 0 Å². The second-order valence-electron chi connectivity index (χ2n) is 8.69. The van der Waals surface area contributed by atoms with Crippen LogP contribution in [0, 0.1) is 65.1 Å². The molecule has 0 aromatic carbocycles. The third-order valence-corrected chi connectivity index (χ3v) is 8.57. The van der Waals surface area contributed by atoms with Crippen LogP contribution in [0.2, 0.25) is 0 Å². The van der Waals surface area contributed by atoms with Crippen molar-refractivity contribution in [1.29, 1.82) is 0 Å². The van der Waals surface area contributed by atoms with E-state index in [1.165, 1.54) is 23.7 Å².